The van der Waals surface area contributed by atoms with Crippen LogP contribution in [0.4, 0.5) is 0 Å². The Labute approximate surface area is 128 Å². The van der Waals surface area contributed by atoms with Gasteiger partial charge < -0.3 is 5.73 Å². The number of rotatable bonds is 5. The molecule has 2 aromatic carbocycles. The zero-order chi connectivity index (χ0) is 14.5. The molecule has 0 heterocycles. The van der Waals surface area contributed by atoms with E-state index in [1.54, 1.807) is 18.2 Å². The first kappa shape index (κ1) is 15.0. The number of ketones is 1. The molecule has 2 N–H and O–H groups in total. The summed E-state index contributed by atoms with van der Waals surface area (Å²) in [7, 11) is 0. The van der Waals surface area contributed by atoms with E-state index in [0.717, 1.165) is 11.1 Å². The molecule has 0 saturated heterocycles. The maximum absolute atomic E-state index is 12.4. The summed E-state index contributed by atoms with van der Waals surface area (Å²) < 4.78 is 0. The summed E-state index contributed by atoms with van der Waals surface area (Å²) >= 11 is 12.0. The van der Waals surface area contributed by atoms with Crippen LogP contribution < -0.4 is 5.73 Å². The van der Waals surface area contributed by atoms with Crippen molar-refractivity contribution in [1.29, 1.82) is 0 Å². The maximum Gasteiger partial charge on any atom is 0.146 e. The minimum Gasteiger partial charge on any atom is -0.329 e. The lowest BCUT2D eigenvalue weighted by Gasteiger charge is -2.14. The van der Waals surface area contributed by atoms with Crippen LogP contribution in [0.1, 0.15) is 17.0 Å². The number of hydrogen-bond acceptors (Lipinski definition) is 2. The van der Waals surface area contributed by atoms with Crippen molar-refractivity contribution in [3.8, 4) is 0 Å². The molecule has 2 aromatic rings. The summed E-state index contributed by atoms with van der Waals surface area (Å²) in [5.74, 6) is -0.269. The highest BCUT2D eigenvalue weighted by molar-refractivity contribution is 6.33. The van der Waals surface area contributed by atoms with E-state index in [9.17, 15) is 4.79 Å². The fourth-order valence-corrected chi connectivity index (χ4v) is 2.51. The van der Waals surface area contributed by atoms with E-state index in [4.69, 9.17) is 28.9 Å². The minimum absolute atomic E-state index is 0.0443. The number of benzene rings is 2. The van der Waals surface area contributed by atoms with Crippen molar-refractivity contribution in [2.24, 2.45) is 5.73 Å². The van der Waals surface area contributed by atoms with E-state index in [-0.39, 0.29) is 24.7 Å². The Bertz CT molecular complexity index is 599. The monoisotopic (exact) mass is 307 g/mol. The first-order chi connectivity index (χ1) is 9.61. The molecule has 0 amide bonds. The lowest BCUT2D eigenvalue weighted by atomic mass is 9.91. The normalized spacial score (nSPS) is 12.2. The highest BCUT2D eigenvalue weighted by Gasteiger charge is 2.20. The van der Waals surface area contributed by atoms with Gasteiger partial charge in [0.2, 0.25) is 0 Å². The number of hydrogen-bond donors (Lipinski definition) is 1. The first-order valence-electron chi connectivity index (χ1n) is 6.33. The van der Waals surface area contributed by atoms with Crippen molar-refractivity contribution < 1.29 is 4.79 Å². The third-order valence-electron chi connectivity index (χ3n) is 3.20. The van der Waals surface area contributed by atoms with Crippen molar-refractivity contribution in [3.05, 3.63) is 69.7 Å². The number of Topliss-reactive ketones (excluding diaryl/α,β-unsaturated/α-hetero) is 1. The highest BCUT2D eigenvalue weighted by atomic mass is 35.5. The molecule has 0 radical (unpaired) electrons. The molecule has 1 unspecified atom stereocenters. The van der Waals surface area contributed by atoms with Crippen molar-refractivity contribution in [2.75, 3.05) is 6.54 Å². The Morgan fingerprint density at radius 1 is 1.10 bits per heavy atom. The maximum atomic E-state index is 12.4. The summed E-state index contributed by atoms with van der Waals surface area (Å²) in [6.07, 6.45) is 0.232. The quantitative estimate of drug-likeness (QED) is 0.912. The van der Waals surface area contributed by atoms with E-state index in [1.165, 1.54) is 0 Å². The Kier molecular flexibility index (Phi) is 5.18. The summed E-state index contributed by atoms with van der Waals surface area (Å²) in [6.45, 7) is 0.279. The number of carbonyl (C=O) groups is 1. The number of halogens is 2. The lowest BCUT2D eigenvalue weighted by molar-refractivity contribution is -0.119. The van der Waals surface area contributed by atoms with Crippen LogP contribution in [0, 0.1) is 0 Å². The SMILES string of the molecule is NCC(C(=O)Cc1cc(Cl)ccc1Cl)c1ccccc1. The third kappa shape index (κ3) is 3.60. The second-order valence-corrected chi connectivity index (χ2v) is 5.42. The summed E-state index contributed by atoms with van der Waals surface area (Å²) in [4.78, 5) is 12.4. The average molecular weight is 308 g/mol. The molecule has 0 aliphatic heterocycles. The van der Waals surface area contributed by atoms with Crippen LogP contribution >= 0.6 is 23.2 Å². The topological polar surface area (TPSA) is 43.1 Å². The van der Waals surface area contributed by atoms with Crippen molar-refractivity contribution in [1.82, 2.24) is 0 Å². The van der Waals surface area contributed by atoms with Gasteiger partial charge in [0.1, 0.15) is 5.78 Å². The zero-order valence-corrected chi connectivity index (χ0v) is 12.4. The van der Waals surface area contributed by atoms with Gasteiger partial charge in [-0.3, -0.25) is 4.79 Å². The zero-order valence-electron chi connectivity index (χ0n) is 10.9. The van der Waals surface area contributed by atoms with Gasteiger partial charge in [-0.2, -0.15) is 0 Å². The second kappa shape index (κ2) is 6.89. The van der Waals surface area contributed by atoms with Crippen LogP contribution in [0.2, 0.25) is 10.0 Å². The highest BCUT2D eigenvalue weighted by Crippen LogP contribution is 2.24. The first-order valence-corrected chi connectivity index (χ1v) is 7.09. The van der Waals surface area contributed by atoms with Crippen molar-refractivity contribution in [2.45, 2.75) is 12.3 Å². The van der Waals surface area contributed by atoms with Crippen LogP contribution in [-0.2, 0) is 11.2 Å². The molecule has 0 aromatic heterocycles. The van der Waals surface area contributed by atoms with Crippen LogP contribution in [0.5, 0.6) is 0 Å². The molecule has 0 spiro atoms. The molecule has 0 aliphatic rings. The van der Waals surface area contributed by atoms with E-state index in [1.807, 2.05) is 30.3 Å². The number of nitrogens with two attached hydrogens (primary N) is 1. The molecule has 1 atom stereocenters. The molecule has 0 aliphatic carbocycles. The summed E-state index contributed by atoms with van der Waals surface area (Å²) in [6, 6.07) is 14.7. The Morgan fingerprint density at radius 3 is 2.45 bits per heavy atom. The Balaban J connectivity index is 2.20. The van der Waals surface area contributed by atoms with E-state index >= 15 is 0 Å². The van der Waals surface area contributed by atoms with Crippen LogP contribution in [0.25, 0.3) is 0 Å². The van der Waals surface area contributed by atoms with Gasteiger partial charge in [0, 0.05) is 23.0 Å². The fourth-order valence-electron chi connectivity index (χ4n) is 2.13. The van der Waals surface area contributed by atoms with Crippen molar-refractivity contribution in [3.63, 3.8) is 0 Å². The van der Waals surface area contributed by atoms with Crippen LogP contribution in [-0.4, -0.2) is 12.3 Å². The van der Waals surface area contributed by atoms with Gasteiger partial charge in [-0.1, -0.05) is 53.5 Å². The summed E-state index contributed by atoms with van der Waals surface area (Å²) in [5.41, 5.74) is 7.41. The summed E-state index contributed by atoms with van der Waals surface area (Å²) in [5, 5.41) is 1.12. The molecule has 2 nitrogen and oxygen atoms in total. The molecule has 2 rings (SSSR count). The third-order valence-corrected chi connectivity index (χ3v) is 3.80. The standard InChI is InChI=1S/C16H15Cl2NO/c17-13-6-7-15(18)12(8-13)9-16(20)14(10-19)11-4-2-1-3-5-11/h1-8,14H,9-10,19H2. The van der Waals surface area contributed by atoms with E-state index < -0.39 is 0 Å². The van der Waals surface area contributed by atoms with Crippen LogP contribution in [0.15, 0.2) is 48.5 Å². The average Bonchev–Trinajstić information content (AvgIpc) is 2.45. The van der Waals surface area contributed by atoms with Gasteiger partial charge >= 0.3 is 0 Å². The van der Waals surface area contributed by atoms with Gasteiger partial charge in [0.05, 0.1) is 5.92 Å². The smallest absolute Gasteiger partial charge is 0.146 e. The van der Waals surface area contributed by atoms with E-state index in [2.05, 4.69) is 0 Å². The van der Waals surface area contributed by atoms with E-state index in [0.29, 0.717) is 10.0 Å². The molecular weight excluding hydrogens is 293 g/mol. The minimum atomic E-state index is -0.314. The largest absolute Gasteiger partial charge is 0.329 e. The van der Waals surface area contributed by atoms with Gasteiger partial charge in [0.25, 0.3) is 0 Å². The molecule has 0 saturated carbocycles. The van der Waals surface area contributed by atoms with Gasteiger partial charge in [-0.05, 0) is 29.3 Å². The molecular formula is C16H15Cl2NO. The predicted octanol–water partition coefficient (Wildman–Crippen LogP) is 3.85. The Morgan fingerprint density at radius 2 is 1.80 bits per heavy atom. The fraction of sp³-hybridized carbons (Fsp3) is 0.188. The Hall–Kier alpha value is -1.35. The lowest BCUT2D eigenvalue weighted by Crippen LogP contribution is -2.23. The predicted molar refractivity (Wildman–Crippen MR) is 83.4 cm³/mol. The van der Waals surface area contributed by atoms with Gasteiger partial charge in [-0.15, -0.1) is 0 Å². The molecule has 20 heavy (non-hydrogen) atoms. The van der Waals surface area contributed by atoms with Crippen molar-refractivity contribution >= 4 is 29.0 Å². The molecule has 0 bridgehead atoms. The van der Waals surface area contributed by atoms with Gasteiger partial charge in [-0.25, -0.2) is 0 Å². The van der Waals surface area contributed by atoms with Crippen LogP contribution in [0.3, 0.4) is 0 Å². The van der Waals surface area contributed by atoms with Gasteiger partial charge in [0.15, 0.2) is 0 Å². The second-order valence-electron chi connectivity index (χ2n) is 4.58. The molecule has 104 valence electrons. The molecule has 0 fully saturated rings. The molecule has 4 heteroatoms. The number of carbonyl (C=O) groups excluding carboxylic acids is 1.